The predicted octanol–water partition coefficient (Wildman–Crippen LogP) is 2.92. The molecular formula is C22H21N5O2S2. The minimum Gasteiger partial charge on any atom is -0.366 e. The second-order valence-corrected chi connectivity index (χ2v) is 7.40. The standard InChI is InChI=1S/C22H21N5O2S2/c1-26(21(30)15-9-5-3-6-10-15)24-19(28)17-13-23-14-18(17)20(29)25-27(2)22(31)16-11-7-4-8-12-16/h3-14,23H,1-2H3,(H,24,28)(H,25,29). The van der Waals surface area contributed by atoms with Crippen molar-refractivity contribution in [2.75, 3.05) is 14.1 Å². The summed E-state index contributed by atoms with van der Waals surface area (Å²) in [5.41, 5.74) is 7.33. The Labute approximate surface area is 191 Å². The number of benzene rings is 2. The van der Waals surface area contributed by atoms with Gasteiger partial charge >= 0.3 is 0 Å². The first-order valence-electron chi connectivity index (χ1n) is 9.33. The number of aromatic amines is 1. The molecule has 2 amide bonds. The average molecular weight is 452 g/mol. The molecule has 31 heavy (non-hydrogen) atoms. The van der Waals surface area contributed by atoms with E-state index >= 15 is 0 Å². The van der Waals surface area contributed by atoms with E-state index in [0.717, 1.165) is 11.1 Å². The molecule has 0 aliphatic heterocycles. The SMILES string of the molecule is CN(NC(=O)c1c[nH]cc1C(=O)NN(C)C(=S)c1ccccc1)C(=S)c1ccccc1. The molecule has 1 aromatic heterocycles. The highest BCUT2D eigenvalue weighted by atomic mass is 32.1. The molecule has 1 heterocycles. The van der Waals surface area contributed by atoms with E-state index in [9.17, 15) is 9.59 Å². The number of rotatable bonds is 4. The molecule has 3 N–H and O–H groups in total. The average Bonchev–Trinajstić information content (AvgIpc) is 3.29. The number of hydrogen-bond donors (Lipinski definition) is 3. The number of carbonyl (C=O) groups is 2. The van der Waals surface area contributed by atoms with Gasteiger partial charge in [-0.1, -0.05) is 85.1 Å². The Hall–Kier alpha value is -3.56. The van der Waals surface area contributed by atoms with Crippen LogP contribution in [0.15, 0.2) is 73.1 Å². The highest BCUT2D eigenvalue weighted by Gasteiger charge is 2.21. The summed E-state index contributed by atoms with van der Waals surface area (Å²) in [6.45, 7) is 0. The lowest BCUT2D eigenvalue weighted by atomic mass is 10.2. The van der Waals surface area contributed by atoms with Crippen molar-refractivity contribution in [3.63, 3.8) is 0 Å². The van der Waals surface area contributed by atoms with Crippen LogP contribution in [0.25, 0.3) is 0 Å². The predicted molar refractivity (Wildman–Crippen MR) is 128 cm³/mol. The molecule has 158 valence electrons. The maximum Gasteiger partial charge on any atom is 0.272 e. The van der Waals surface area contributed by atoms with Crippen LogP contribution in [0.2, 0.25) is 0 Å². The van der Waals surface area contributed by atoms with Crippen LogP contribution in [0.3, 0.4) is 0 Å². The molecule has 9 heteroatoms. The Balaban J connectivity index is 1.66. The first-order chi connectivity index (χ1) is 14.9. The number of aromatic nitrogens is 1. The summed E-state index contributed by atoms with van der Waals surface area (Å²) in [6, 6.07) is 18.6. The smallest absolute Gasteiger partial charge is 0.272 e. The van der Waals surface area contributed by atoms with Gasteiger partial charge < -0.3 is 4.98 Å². The van der Waals surface area contributed by atoms with E-state index in [-0.39, 0.29) is 11.1 Å². The van der Waals surface area contributed by atoms with Gasteiger partial charge in [-0.15, -0.1) is 0 Å². The Morgan fingerprint density at radius 1 is 0.710 bits per heavy atom. The Bertz CT molecular complexity index is 1010. The van der Waals surface area contributed by atoms with Gasteiger partial charge in [0.25, 0.3) is 11.8 Å². The second kappa shape index (κ2) is 9.96. The van der Waals surface area contributed by atoms with Gasteiger partial charge in [-0.2, -0.15) is 0 Å². The molecular weight excluding hydrogens is 430 g/mol. The normalized spacial score (nSPS) is 10.1. The van der Waals surface area contributed by atoms with Crippen LogP contribution in [0, 0.1) is 0 Å². The van der Waals surface area contributed by atoms with Crippen LogP contribution in [-0.4, -0.2) is 50.9 Å². The molecule has 0 bridgehead atoms. The van der Waals surface area contributed by atoms with E-state index in [1.165, 1.54) is 22.4 Å². The molecule has 0 saturated carbocycles. The Kier molecular flexibility index (Phi) is 7.11. The number of hydrogen-bond acceptors (Lipinski definition) is 4. The van der Waals surface area contributed by atoms with Crippen LogP contribution < -0.4 is 10.9 Å². The highest BCUT2D eigenvalue weighted by Crippen LogP contribution is 2.10. The minimum atomic E-state index is -0.472. The van der Waals surface area contributed by atoms with E-state index < -0.39 is 11.8 Å². The monoisotopic (exact) mass is 451 g/mol. The number of thiocarbonyl (C=S) groups is 2. The van der Waals surface area contributed by atoms with Crippen LogP contribution in [-0.2, 0) is 0 Å². The van der Waals surface area contributed by atoms with Crippen molar-refractivity contribution in [1.82, 2.24) is 25.9 Å². The summed E-state index contributed by atoms with van der Waals surface area (Å²) in [6.07, 6.45) is 2.92. The zero-order valence-corrected chi connectivity index (χ0v) is 18.6. The quantitative estimate of drug-likeness (QED) is 0.418. The van der Waals surface area contributed by atoms with Crippen LogP contribution in [0.1, 0.15) is 31.8 Å². The van der Waals surface area contributed by atoms with Gasteiger partial charge in [-0.25, -0.2) is 0 Å². The molecule has 3 rings (SSSR count). The molecule has 3 aromatic rings. The number of hydrazine groups is 2. The molecule has 0 saturated heterocycles. The third-order valence-electron chi connectivity index (χ3n) is 4.42. The maximum absolute atomic E-state index is 12.8. The first kappa shape index (κ1) is 22.1. The minimum absolute atomic E-state index is 0.180. The lowest BCUT2D eigenvalue weighted by Crippen LogP contribution is -2.45. The zero-order valence-electron chi connectivity index (χ0n) is 17.0. The zero-order chi connectivity index (χ0) is 22.4. The van der Waals surface area contributed by atoms with E-state index in [1.807, 2.05) is 60.7 Å². The number of H-pyrrole nitrogens is 1. The summed E-state index contributed by atoms with van der Waals surface area (Å²) in [5.74, 6) is -0.944. The number of nitrogens with one attached hydrogen (secondary N) is 3. The van der Waals surface area contributed by atoms with Gasteiger partial charge in [0.2, 0.25) is 0 Å². The van der Waals surface area contributed by atoms with Crippen LogP contribution >= 0.6 is 24.4 Å². The molecule has 0 fully saturated rings. The number of amides is 2. The van der Waals surface area contributed by atoms with Gasteiger partial charge in [-0.3, -0.25) is 30.5 Å². The van der Waals surface area contributed by atoms with Crippen LogP contribution in [0.4, 0.5) is 0 Å². The van der Waals surface area contributed by atoms with E-state index in [0.29, 0.717) is 9.98 Å². The fourth-order valence-corrected chi connectivity index (χ4v) is 3.18. The maximum atomic E-state index is 12.8. The summed E-state index contributed by atoms with van der Waals surface area (Å²) in [4.78, 5) is 29.2. The van der Waals surface area contributed by atoms with Crippen molar-refractivity contribution < 1.29 is 9.59 Å². The second-order valence-electron chi connectivity index (χ2n) is 6.62. The fraction of sp³-hybridized carbons (Fsp3) is 0.0909. The van der Waals surface area contributed by atoms with Crippen LogP contribution in [0.5, 0.6) is 0 Å². The third-order valence-corrected chi connectivity index (χ3v) is 5.44. The molecule has 0 aliphatic rings. The fourth-order valence-electron chi connectivity index (χ4n) is 2.81. The molecule has 7 nitrogen and oxygen atoms in total. The topological polar surface area (TPSA) is 80.5 Å². The Morgan fingerprint density at radius 3 is 1.42 bits per heavy atom. The van der Waals surface area contributed by atoms with Gasteiger partial charge in [0.05, 0.1) is 11.1 Å². The molecule has 0 atom stereocenters. The van der Waals surface area contributed by atoms with Crippen molar-refractivity contribution >= 4 is 46.2 Å². The van der Waals surface area contributed by atoms with Gasteiger partial charge in [-0.05, 0) is 0 Å². The van der Waals surface area contributed by atoms with Gasteiger partial charge in [0, 0.05) is 37.6 Å². The van der Waals surface area contributed by atoms with Crippen molar-refractivity contribution in [2.45, 2.75) is 0 Å². The molecule has 0 radical (unpaired) electrons. The lowest BCUT2D eigenvalue weighted by Gasteiger charge is -2.22. The third kappa shape index (κ3) is 5.33. The Morgan fingerprint density at radius 2 is 1.06 bits per heavy atom. The van der Waals surface area contributed by atoms with Crippen molar-refractivity contribution in [3.05, 3.63) is 95.3 Å². The van der Waals surface area contributed by atoms with Gasteiger partial charge in [0.15, 0.2) is 0 Å². The van der Waals surface area contributed by atoms with E-state index in [2.05, 4.69) is 15.8 Å². The van der Waals surface area contributed by atoms with Gasteiger partial charge in [0.1, 0.15) is 9.98 Å². The molecule has 2 aromatic carbocycles. The summed E-state index contributed by atoms with van der Waals surface area (Å²) < 4.78 is 0. The molecule has 0 aliphatic carbocycles. The molecule has 0 spiro atoms. The van der Waals surface area contributed by atoms with E-state index in [4.69, 9.17) is 24.4 Å². The largest absolute Gasteiger partial charge is 0.366 e. The number of carbonyl (C=O) groups excluding carboxylic acids is 2. The summed E-state index contributed by atoms with van der Waals surface area (Å²) in [7, 11) is 3.29. The van der Waals surface area contributed by atoms with Crippen molar-refractivity contribution in [2.24, 2.45) is 0 Å². The molecule has 0 unspecified atom stereocenters. The lowest BCUT2D eigenvalue weighted by molar-refractivity contribution is 0.0854. The van der Waals surface area contributed by atoms with Crippen molar-refractivity contribution in [1.29, 1.82) is 0 Å². The summed E-state index contributed by atoms with van der Waals surface area (Å²) in [5, 5.41) is 2.89. The number of nitrogens with zero attached hydrogens (tertiary/aromatic N) is 2. The van der Waals surface area contributed by atoms with E-state index in [1.54, 1.807) is 14.1 Å². The first-order valence-corrected chi connectivity index (χ1v) is 10.1. The summed E-state index contributed by atoms with van der Waals surface area (Å²) >= 11 is 10.8. The highest BCUT2D eigenvalue weighted by molar-refractivity contribution is 7.80. The van der Waals surface area contributed by atoms with Crippen molar-refractivity contribution in [3.8, 4) is 0 Å².